The molecular weight excluding hydrogens is 808 g/mol. The van der Waals surface area contributed by atoms with Gasteiger partial charge in [0.2, 0.25) is 0 Å². The average molecular weight is 854 g/mol. The Morgan fingerprint density at radius 2 is 1.41 bits per heavy atom. The Hall–Kier alpha value is -4.47. The SMILES string of the molecule is CCCc1cc(CCC)c(CCC)c(-c2cnn(-c3[c-]c(Oc4[c-]c5c(cc4)c4ccccc4n5-c4cc(C)ccn4)ccc3)c2)c1CCC.[Pt+2]. The van der Waals surface area contributed by atoms with Gasteiger partial charge in [0.15, 0.2) is 0 Å². The van der Waals surface area contributed by atoms with E-state index in [-0.39, 0.29) is 21.1 Å². The van der Waals surface area contributed by atoms with Gasteiger partial charge in [-0.1, -0.05) is 83.2 Å². The van der Waals surface area contributed by atoms with Crippen LogP contribution in [0.25, 0.3) is 44.4 Å². The van der Waals surface area contributed by atoms with E-state index in [1.165, 1.54) is 33.4 Å². The third kappa shape index (κ3) is 7.32. The first-order valence-electron chi connectivity index (χ1n) is 18.3. The largest absolute Gasteiger partial charge is 2.00 e. The van der Waals surface area contributed by atoms with Gasteiger partial charge in [0.1, 0.15) is 5.82 Å². The Bertz CT molecular complexity index is 2250. The van der Waals surface area contributed by atoms with Gasteiger partial charge in [-0.15, -0.1) is 35.7 Å². The van der Waals surface area contributed by atoms with Gasteiger partial charge in [0.25, 0.3) is 0 Å². The molecule has 0 aliphatic carbocycles. The second kappa shape index (κ2) is 16.3. The van der Waals surface area contributed by atoms with Gasteiger partial charge in [-0.25, -0.2) is 4.98 Å². The second-order valence-corrected chi connectivity index (χ2v) is 13.3. The fraction of sp³-hybridized carbons (Fsp3) is 0.289. The molecule has 0 saturated heterocycles. The number of hydrogen-bond acceptors (Lipinski definition) is 3. The van der Waals surface area contributed by atoms with Crippen LogP contribution in [-0.2, 0) is 46.7 Å². The summed E-state index contributed by atoms with van der Waals surface area (Å²) in [7, 11) is 0. The first kappa shape index (κ1) is 36.3. The molecule has 6 heteroatoms. The standard InChI is InChI=1S/C45H46N4O.Pt/c1-6-13-32-26-33(14-7-2)39(16-9-4)45(38(32)15-8-3)34-29-47-48(30-34)35-17-12-18-36(27-35)50-37-21-22-41-40-19-10-11-20-42(40)49(43(41)28-37)44-25-31(5)23-24-46-44;/h10-12,17-26,29-30H,6-9,13-16H2,1-5H3;/q-2;+2. The van der Waals surface area contributed by atoms with E-state index < -0.39 is 0 Å². The van der Waals surface area contributed by atoms with Crippen molar-refractivity contribution >= 4 is 21.8 Å². The number of pyridine rings is 1. The summed E-state index contributed by atoms with van der Waals surface area (Å²) in [5.74, 6) is 2.09. The van der Waals surface area contributed by atoms with E-state index in [9.17, 15) is 0 Å². The van der Waals surface area contributed by atoms with Gasteiger partial charge in [-0.05, 0) is 95.3 Å². The molecule has 0 spiro atoms. The van der Waals surface area contributed by atoms with Crippen molar-refractivity contribution < 1.29 is 25.8 Å². The number of hydrogen-bond donors (Lipinski definition) is 0. The van der Waals surface area contributed by atoms with E-state index >= 15 is 0 Å². The molecule has 0 amide bonds. The van der Waals surface area contributed by atoms with Crippen LogP contribution in [0.15, 0.2) is 91.4 Å². The Labute approximate surface area is 317 Å². The van der Waals surface area contributed by atoms with E-state index in [1.54, 1.807) is 0 Å². The first-order chi connectivity index (χ1) is 24.5. The number of ether oxygens (including phenoxy) is 1. The Balaban J connectivity index is 0.00000448. The van der Waals surface area contributed by atoms with Crippen molar-refractivity contribution in [3.05, 3.63) is 131 Å². The Kier molecular flexibility index (Phi) is 11.6. The van der Waals surface area contributed by atoms with Gasteiger partial charge < -0.3 is 9.30 Å². The van der Waals surface area contributed by atoms with Crippen molar-refractivity contribution in [2.45, 2.75) is 86.0 Å². The summed E-state index contributed by atoms with van der Waals surface area (Å²) >= 11 is 0. The number of nitrogens with zero attached hydrogens (tertiary/aromatic N) is 4. The van der Waals surface area contributed by atoms with Gasteiger partial charge in [0, 0.05) is 35.0 Å². The molecule has 0 bridgehead atoms. The number of para-hydroxylation sites is 1. The summed E-state index contributed by atoms with van der Waals surface area (Å²) in [4.78, 5) is 4.71. The third-order valence-corrected chi connectivity index (χ3v) is 9.54. The summed E-state index contributed by atoms with van der Waals surface area (Å²) in [5.41, 5.74) is 12.6. The summed E-state index contributed by atoms with van der Waals surface area (Å²) in [6, 6.07) is 32.2. The summed E-state index contributed by atoms with van der Waals surface area (Å²) in [6.07, 6.45) is 15.0. The molecule has 0 radical (unpaired) electrons. The van der Waals surface area contributed by atoms with Crippen molar-refractivity contribution in [3.8, 4) is 34.1 Å². The molecule has 0 N–H and O–H groups in total. The number of benzene rings is 4. The quantitative estimate of drug-likeness (QED) is 0.109. The summed E-state index contributed by atoms with van der Waals surface area (Å²) < 4.78 is 10.6. The zero-order valence-electron chi connectivity index (χ0n) is 30.3. The molecule has 0 unspecified atom stereocenters. The molecule has 0 aliphatic rings. The molecule has 4 aromatic carbocycles. The first-order valence-corrected chi connectivity index (χ1v) is 18.3. The minimum absolute atomic E-state index is 0. The molecule has 7 aromatic rings. The van der Waals surface area contributed by atoms with Gasteiger partial charge in [-0.3, -0.25) is 4.68 Å². The Morgan fingerprint density at radius 3 is 2.12 bits per heavy atom. The maximum atomic E-state index is 6.45. The number of aromatic nitrogens is 4. The maximum Gasteiger partial charge on any atom is 2.00 e. The van der Waals surface area contributed by atoms with Crippen molar-refractivity contribution in [1.82, 2.24) is 19.3 Å². The van der Waals surface area contributed by atoms with Crippen molar-refractivity contribution in [1.29, 1.82) is 0 Å². The van der Waals surface area contributed by atoms with Crippen LogP contribution in [0.5, 0.6) is 11.5 Å². The topological polar surface area (TPSA) is 44.9 Å². The van der Waals surface area contributed by atoms with Crippen molar-refractivity contribution in [2.75, 3.05) is 0 Å². The van der Waals surface area contributed by atoms with Gasteiger partial charge >= 0.3 is 21.1 Å². The van der Waals surface area contributed by atoms with E-state index in [2.05, 4.69) is 100.0 Å². The molecule has 3 heterocycles. The van der Waals surface area contributed by atoms with E-state index in [4.69, 9.17) is 14.8 Å². The van der Waals surface area contributed by atoms with Crippen LogP contribution in [0.4, 0.5) is 0 Å². The van der Waals surface area contributed by atoms with Crippen LogP contribution in [0.1, 0.15) is 81.2 Å². The summed E-state index contributed by atoms with van der Waals surface area (Å²) in [5, 5.41) is 7.15. The minimum atomic E-state index is 0. The monoisotopic (exact) mass is 853 g/mol. The number of rotatable bonds is 13. The van der Waals surface area contributed by atoms with Crippen LogP contribution < -0.4 is 4.74 Å². The maximum absolute atomic E-state index is 6.45. The molecule has 51 heavy (non-hydrogen) atoms. The molecule has 0 saturated carbocycles. The molecule has 5 nitrogen and oxygen atoms in total. The number of fused-ring (bicyclic) bond motifs is 3. The molecule has 3 aromatic heterocycles. The molecule has 0 atom stereocenters. The van der Waals surface area contributed by atoms with Crippen molar-refractivity contribution in [2.24, 2.45) is 0 Å². The van der Waals surface area contributed by atoms with Crippen molar-refractivity contribution in [3.63, 3.8) is 0 Å². The minimum Gasteiger partial charge on any atom is -0.509 e. The van der Waals surface area contributed by atoms with Gasteiger partial charge in [0.05, 0.1) is 6.20 Å². The van der Waals surface area contributed by atoms with E-state index in [1.807, 2.05) is 47.4 Å². The predicted molar refractivity (Wildman–Crippen MR) is 206 cm³/mol. The average Bonchev–Trinajstić information content (AvgIpc) is 3.74. The van der Waals surface area contributed by atoms with E-state index in [0.717, 1.165) is 90.2 Å². The molecule has 262 valence electrons. The smallest absolute Gasteiger partial charge is 0.509 e. The normalized spacial score (nSPS) is 11.3. The summed E-state index contributed by atoms with van der Waals surface area (Å²) in [6.45, 7) is 11.2. The zero-order chi connectivity index (χ0) is 34.6. The van der Waals surface area contributed by atoms with Crippen LogP contribution in [0.2, 0.25) is 0 Å². The van der Waals surface area contributed by atoms with Crippen LogP contribution in [0.3, 0.4) is 0 Å². The van der Waals surface area contributed by atoms with Gasteiger partial charge in [-0.2, -0.15) is 17.2 Å². The van der Waals surface area contributed by atoms with E-state index in [0.29, 0.717) is 11.5 Å². The van der Waals surface area contributed by atoms with Crippen LogP contribution in [-0.4, -0.2) is 19.3 Å². The molecule has 7 rings (SSSR count). The fourth-order valence-corrected chi connectivity index (χ4v) is 7.44. The number of aryl methyl sites for hydroxylation is 3. The van der Waals surface area contributed by atoms with Crippen LogP contribution >= 0.6 is 0 Å². The fourth-order valence-electron chi connectivity index (χ4n) is 7.44. The van der Waals surface area contributed by atoms with Crippen LogP contribution in [0, 0.1) is 19.1 Å². The molecule has 0 fully saturated rings. The molecular formula is C45H46N4OPt. The third-order valence-electron chi connectivity index (χ3n) is 9.54. The second-order valence-electron chi connectivity index (χ2n) is 13.3. The zero-order valence-corrected chi connectivity index (χ0v) is 32.6. The molecule has 0 aliphatic heterocycles. The predicted octanol–water partition coefficient (Wildman–Crippen LogP) is 11.5. The Morgan fingerprint density at radius 1 is 0.706 bits per heavy atom.